The molecule has 0 saturated heterocycles. The normalized spacial score (nSPS) is 9.80. The molecule has 128 valence electrons. The molecule has 7 heteroatoms. The summed E-state index contributed by atoms with van der Waals surface area (Å²) >= 11 is 5.89. The lowest BCUT2D eigenvalue weighted by Gasteiger charge is -2.09. The Bertz CT molecular complexity index is 831. The van der Waals surface area contributed by atoms with Crippen LogP contribution in [0, 0.1) is 11.3 Å². The number of benzene rings is 2. The molecule has 6 nitrogen and oxygen atoms in total. The van der Waals surface area contributed by atoms with Crippen LogP contribution in [0.1, 0.15) is 11.1 Å². The molecule has 0 heterocycles. The zero-order valence-electron chi connectivity index (χ0n) is 13.5. The number of nitrogens with zero attached hydrogens (tertiary/aromatic N) is 1. The minimum atomic E-state index is -0.805. The zero-order chi connectivity index (χ0) is 18.2. The van der Waals surface area contributed by atoms with Crippen molar-refractivity contribution in [2.75, 3.05) is 19.0 Å². The third kappa shape index (κ3) is 4.96. The number of methoxy groups -OCH3 is 1. The molecule has 25 heavy (non-hydrogen) atoms. The first-order chi connectivity index (χ1) is 12.0. The molecule has 0 fully saturated rings. The highest BCUT2D eigenvalue weighted by atomic mass is 35.5. The van der Waals surface area contributed by atoms with Gasteiger partial charge in [-0.05, 0) is 36.2 Å². The van der Waals surface area contributed by atoms with Crippen LogP contribution in [0.5, 0.6) is 5.75 Å². The number of carbonyl (C=O) groups is 2. The Kier molecular flexibility index (Phi) is 6.38. The molecule has 0 unspecified atom stereocenters. The van der Waals surface area contributed by atoms with E-state index >= 15 is 0 Å². The van der Waals surface area contributed by atoms with Gasteiger partial charge in [0.1, 0.15) is 11.8 Å². The van der Waals surface area contributed by atoms with Crippen molar-refractivity contribution in [3.63, 3.8) is 0 Å². The second-order valence-electron chi connectivity index (χ2n) is 5.08. The van der Waals surface area contributed by atoms with Crippen LogP contribution in [-0.2, 0) is 16.0 Å². The summed E-state index contributed by atoms with van der Waals surface area (Å²) in [4.78, 5) is 23.7. The maximum atomic E-state index is 11.9. The number of hydrogen-bond acceptors (Lipinski definition) is 4. The standard InChI is InChI=1S/C18H16ClN3O3/c1-25-16-5-3-2-4-12(16)8-9-21-17(23)18(24)22-14-7-6-13(11-20)15(19)10-14/h2-7,10H,8-9H2,1H3,(H,21,23)(H,22,24). The third-order valence-electron chi connectivity index (χ3n) is 3.43. The van der Waals surface area contributed by atoms with E-state index in [1.807, 2.05) is 30.3 Å². The number of nitrogens with one attached hydrogen (secondary N) is 2. The number of nitriles is 1. The topological polar surface area (TPSA) is 91.2 Å². The van der Waals surface area contributed by atoms with E-state index in [1.165, 1.54) is 18.2 Å². The molecule has 0 spiro atoms. The van der Waals surface area contributed by atoms with Gasteiger partial charge < -0.3 is 15.4 Å². The molecule has 2 rings (SSSR count). The maximum absolute atomic E-state index is 11.9. The molecule has 0 aliphatic rings. The van der Waals surface area contributed by atoms with Crippen molar-refractivity contribution >= 4 is 29.1 Å². The minimum absolute atomic E-state index is 0.205. The third-order valence-corrected chi connectivity index (χ3v) is 3.74. The fourth-order valence-electron chi connectivity index (χ4n) is 2.17. The minimum Gasteiger partial charge on any atom is -0.496 e. The van der Waals surface area contributed by atoms with Crippen LogP contribution >= 0.6 is 11.6 Å². The molecule has 0 saturated carbocycles. The van der Waals surface area contributed by atoms with Crippen molar-refractivity contribution in [1.82, 2.24) is 5.32 Å². The Morgan fingerprint density at radius 3 is 2.64 bits per heavy atom. The molecule has 0 atom stereocenters. The van der Waals surface area contributed by atoms with Crippen LogP contribution in [0.4, 0.5) is 5.69 Å². The highest BCUT2D eigenvalue weighted by Gasteiger charge is 2.14. The van der Waals surface area contributed by atoms with Crippen LogP contribution in [0.15, 0.2) is 42.5 Å². The number of anilines is 1. The van der Waals surface area contributed by atoms with Crippen LogP contribution in [0.3, 0.4) is 0 Å². The van der Waals surface area contributed by atoms with E-state index < -0.39 is 11.8 Å². The average molecular weight is 358 g/mol. The van der Waals surface area contributed by atoms with Crippen molar-refractivity contribution in [3.8, 4) is 11.8 Å². The number of amides is 2. The number of para-hydroxylation sites is 1. The van der Waals surface area contributed by atoms with E-state index in [-0.39, 0.29) is 5.02 Å². The molecule has 2 amide bonds. The van der Waals surface area contributed by atoms with Crippen LogP contribution in [0.2, 0.25) is 5.02 Å². The summed E-state index contributed by atoms with van der Waals surface area (Å²) in [6.45, 7) is 0.292. The number of ether oxygens (including phenoxy) is 1. The second kappa shape index (κ2) is 8.71. The predicted molar refractivity (Wildman–Crippen MR) is 94.5 cm³/mol. The molecular weight excluding hydrogens is 342 g/mol. The predicted octanol–water partition coefficient (Wildman–Crippen LogP) is 2.52. The molecule has 2 N–H and O–H groups in total. The summed E-state index contributed by atoms with van der Waals surface area (Å²) in [5.41, 5.74) is 1.57. The molecule has 0 bridgehead atoms. The Morgan fingerprint density at radius 2 is 1.96 bits per heavy atom. The molecule has 0 radical (unpaired) electrons. The van der Waals surface area contributed by atoms with Crippen molar-refractivity contribution in [3.05, 3.63) is 58.6 Å². The monoisotopic (exact) mass is 357 g/mol. The van der Waals surface area contributed by atoms with E-state index in [1.54, 1.807) is 7.11 Å². The summed E-state index contributed by atoms with van der Waals surface area (Å²) in [5, 5.41) is 14.0. The fourth-order valence-corrected chi connectivity index (χ4v) is 2.39. The van der Waals surface area contributed by atoms with Crippen LogP contribution in [-0.4, -0.2) is 25.5 Å². The quantitative estimate of drug-likeness (QED) is 0.804. The summed E-state index contributed by atoms with van der Waals surface area (Å²) in [5.74, 6) is -0.829. The zero-order valence-corrected chi connectivity index (χ0v) is 14.3. The lowest BCUT2D eigenvalue weighted by Crippen LogP contribution is -2.36. The van der Waals surface area contributed by atoms with Gasteiger partial charge in [-0.2, -0.15) is 5.26 Å². The van der Waals surface area contributed by atoms with Gasteiger partial charge in [-0.3, -0.25) is 9.59 Å². The van der Waals surface area contributed by atoms with E-state index in [4.69, 9.17) is 21.6 Å². The largest absolute Gasteiger partial charge is 0.496 e. The molecule has 2 aromatic carbocycles. The molecule has 2 aromatic rings. The molecule has 0 aromatic heterocycles. The highest BCUT2D eigenvalue weighted by molar-refractivity contribution is 6.40. The number of halogens is 1. The van der Waals surface area contributed by atoms with Crippen LogP contribution in [0.25, 0.3) is 0 Å². The summed E-state index contributed by atoms with van der Waals surface area (Å²) in [7, 11) is 1.58. The number of rotatable bonds is 5. The Morgan fingerprint density at radius 1 is 1.20 bits per heavy atom. The Balaban J connectivity index is 1.87. The maximum Gasteiger partial charge on any atom is 0.313 e. The van der Waals surface area contributed by atoms with E-state index in [0.29, 0.717) is 24.2 Å². The lowest BCUT2D eigenvalue weighted by atomic mass is 10.1. The average Bonchev–Trinajstić information content (AvgIpc) is 2.62. The van der Waals surface area contributed by atoms with E-state index in [9.17, 15) is 9.59 Å². The smallest absolute Gasteiger partial charge is 0.313 e. The first-order valence-corrected chi connectivity index (χ1v) is 7.83. The molecular formula is C18H16ClN3O3. The lowest BCUT2D eigenvalue weighted by molar-refractivity contribution is -0.136. The van der Waals surface area contributed by atoms with Gasteiger partial charge in [-0.1, -0.05) is 29.8 Å². The van der Waals surface area contributed by atoms with Gasteiger partial charge in [0.05, 0.1) is 17.7 Å². The van der Waals surface area contributed by atoms with Crippen molar-refractivity contribution in [1.29, 1.82) is 5.26 Å². The van der Waals surface area contributed by atoms with E-state index in [2.05, 4.69) is 10.6 Å². The van der Waals surface area contributed by atoms with Gasteiger partial charge in [0, 0.05) is 12.2 Å². The Hall–Kier alpha value is -3.04. The number of carbonyl (C=O) groups excluding carboxylic acids is 2. The van der Waals surface area contributed by atoms with Gasteiger partial charge in [0.25, 0.3) is 0 Å². The molecule has 0 aliphatic heterocycles. The first-order valence-electron chi connectivity index (χ1n) is 7.46. The Labute approximate surface area is 150 Å². The van der Waals surface area contributed by atoms with Crippen LogP contribution < -0.4 is 15.4 Å². The summed E-state index contributed by atoms with van der Waals surface area (Å²) in [6.07, 6.45) is 0.533. The van der Waals surface area contributed by atoms with Crippen molar-refractivity contribution in [2.45, 2.75) is 6.42 Å². The van der Waals surface area contributed by atoms with Crippen molar-refractivity contribution < 1.29 is 14.3 Å². The van der Waals surface area contributed by atoms with Gasteiger partial charge in [0.2, 0.25) is 0 Å². The fraction of sp³-hybridized carbons (Fsp3) is 0.167. The van der Waals surface area contributed by atoms with Crippen molar-refractivity contribution in [2.24, 2.45) is 0 Å². The SMILES string of the molecule is COc1ccccc1CCNC(=O)C(=O)Nc1ccc(C#N)c(Cl)c1. The van der Waals surface area contributed by atoms with Gasteiger partial charge in [0.15, 0.2) is 0 Å². The number of hydrogen-bond donors (Lipinski definition) is 2. The first kappa shape index (κ1) is 18.3. The summed E-state index contributed by atoms with van der Waals surface area (Å²) < 4.78 is 5.23. The van der Waals surface area contributed by atoms with Gasteiger partial charge in [-0.15, -0.1) is 0 Å². The highest BCUT2D eigenvalue weighted by Crippen LogP contribution is 2.20. The summed E-state index contributed by atoms with van der Waals surface area (Å²) in [6, 6.07) is 13.8. The molecule has 0 aliphatic carbocycles. The van der Waals surface area contributed by atoms with Gasteiger partial charge >= 0.3 is 11.8 Å². The van der Waals surface area contributed by atoms with Gasteiger partial charge in [-0.25, -0.2) is 0 Å². The second-order valence-corrected chi connectivity index (χ2v) is 5.49. The van der Waals surface area contributed by atoms with E-state index in [0.717, 1.165) is 11.3 Å².